The van der Waals surface area contributed by atoms with Gasteiger partial charge in [0.05, 0.1) is 22.7 Å². The van der Waals surface area contributed by atoms with Crippen LogP contribution in [0.15, 0.2) is 56.9 Å². The van der Waals surface area contributed by atoms with Gasteiger partial charge in [0.25, 0.3) is 15.9 Å². The summed E-state index contributed by atoms with van der Waals surface area (Å²) in [5.74, 6) is -0.479. The number of hydrogen-bond donors (Lipinski definition) is 2. The maximum Gasteiger partial charge on any atom is 0.336 e. The molecule has 2 heterocycles. The van der Waals surface area contributed by atoms with Crippen molar-refractivity contribution in [2.45, 2.75) is 82.7 Å². The Balaban J connectivity index is 1.58. The minimum absolute atomic E-state index is 0.0164. The number of benzene rings is 2. The second-order valence-corrected chi connectivity index (χ2v) is 12.4. The molecule has 10 nitrogen and oxygen atoms in total. The zero-order valence-corrected chi connectivity index (χ0v) is 24.3. The van der Waals surface area contributed by atoms with Crippen LogP contribution in [0, 0.1) is 13.8 Å². The summed E-state index contributed by atoms with van der Waals surface area (Å²) < 4.78 is 35.4. The third-order valence-electron chi connectivity index (χ3n) is 7.99. The first-order chi connectivity index (χ1) is 19.6. The second-order valence-electron chi connectivity index (χ2n) is 10.8. The van der Waals surface area contributed by atoms with Crippen molar-refractivity contribution in [3.63, 3.8) is 0 Å². The Morgan fingerprint density at radius 3 is 2.51 bits per heavy atom. The highest BCUT2D eigenvalue weighted by atomic mass is 32.2. The van der Waals surface area contributed by atoms with Crippen LogP contribution in [-0.4, -0.2) is 46.8 Å². The molecule has 1 amide bonds. The number of anilines is 1. The Hall–Kier alpha value is -3.99. The van der Waals surface area contributed by atoms with Gasteiger partial charge in [-0.15, -0.1) is 0 Å². The average molecular weight is 579 g/mol. The highest BCUT2D eigenvalue weighted by molar-refractivity contribution is 7.92. The summed E-state index contributed by atoms with van der Waals surface area (Å²) in [6, 6.07) is 11.1. The zero-order valence-electron chi connectivity index (χ0n) is 23.4. The molecular weight excluding hydrogens is 544 g/mol. The Morgan fingerprint density at radius 1 is 1.12 bits per heavy atom. The van der Waals surface area contributed by atoms with E-state index in [1.807, 2.05) is 0 Å². The summed E-state index contributed by atoms with van der Waals surface area (Å²) in [6.07, 6.45) is 5.88. The Morgan fingerprint density at radius 2 is 1.85 bits per heavy atom. The predicted octanol–water partition coefficient (Wildman–Crippen LogP) is 5.70. The highest BCUT2D eigenvalue weighted by Gasteiger charge is 2.49. The predicted molar refractivity (Wildman–Crippen MR) is 154 cm³/mol. The Labute approximate surface area is 239 Å². The number of hydrogen-bond acceptors (Lipinski definition) is 7. The van der Waals surface area contributed by atoms with E-state index >= 15 is 0 Å². The number of aryl methyl sites for hydroxylation is 1. The van der Waals surface area contributed by atoms with E-state index in [-0.39, 0.29) is 39.9 Å². The van der Waals surface area contributed by atoms with Gasteiger partial charge >= 0.3 is 5.97 Å². The molecule has 2 aromatic carbocycles. The van der Waals surface area contributed by atoms with Gasteiger partial charge < -0.3 is 9.63 Å². The topological polar surface area (TPSA) is 142 Å². The van der Waals surface area contributed by atoms with Gasteiger partial charge in [-0.2, -0.15) is 0 Å². The minimum atomic E-state index is -4.27. The number of amidine groups is 1. The van der Waals surface area contributed by atoms with E-state index in [0.29, 0.717) is 23.2 Å². The second kappa shape index (κ2) is 11.1. The Bertz CT molecular complexity index is 1640. The summed E-state index contributed by atoms with van der Waals surface area (Å²) in [5.41, 5.74) is 1.40. The number of nitrogens with one attached hydrogen (secondary N) is 1. The van der Waals surface area contributed by atoms with Crippen molar-refractivity contribution in [1.82, 2.24) is 10.1 Å². The van der Waals surface area contributed by atoms with E-state index in [0.717, 1.165) is 44.4 Å². The molecule has 0 radical (unpaired) electrons. The van der Waals surface area contributed by atoms with Crippen LogP contribution in [0.1, 0.15) is 79.0 Å². The van der Waals surface area contributed by atoms with Crippen molar-refractivity contribution in [2.75, 3.05) is 4.72 Å². The van der Waals surface area contributed by atoms with Crippen molar-refractivity contribution in [3.05, 3.63) is 64.8 Å². The molecule has 2 aliphatic rings. The van der Waals surface area contributed by atoms with Crippen LogP contribution in [0.5, 0.6) is 0 Å². The zero-order chi connectivity index (χ0) is 29.4. The van der Waals surface area contributed by atoms with Crippen molar-refractivity contribution >= 4 is 33.6 Å². The molecule has 1 spiro atoms. The molecule has 216 valence electrons. The normalized spacial score (nSPS) is 16.4. The number of sulfonamides is 1. The number of amides is 1. The van der Waals surface area contributed by atoms with Gasteiger partial charge in [0.15, 0.2) is 0 Å². The summed E-state index contributed by atoms with van der Waals surface area (Å²) in [5, 5.41) is 13.7. The van der Waals surface area contributed by atoms with Gasteiger partial charge in [-0.3, -0.25) is 14.7 Å². The van der Waals surface area contributed by atoms with Crippen LogP contribution < -0.4 is 4.72 Å². The van der Waals surface area contributed by atoms with E-state index < -0.39 is 21.5 Å². The van der Waals surface area contributed by atoms with Gasteiger partial charge in [-0.1, -0.05) is 61.7 Å². The Kier molecular flexibility index (Phi) is 7.74. The maximum absolute atomic E-state index is 13.9. The van der Waals surface area contributed by atoms with Gasteiger partial charge in [-0.05, 0) is 56.4 Å². The monoisotopic (exact) mass is 578 g/mol. The minimum Gasteiger partial charge on any atom is -0.478 e. The van der Waals surface area contributed by atoms with E-state index in [2.05, 4.69) is 16.8 Å². The maximum atomic E-state index is 13.9. The van der Waals surface area contributed by atoms with E-state index in [1.165, 1.54) is 12.1 Å². The summed E-state index contributed by atoms with van der Waals surface area (Å²) in [6.45, 7) is 5.64. The van der Waals surface area contributed by atoms with Crippen molar-refractivity contribution in [3.8, 4) is 11.1 Å². The molecule has 1 aliphatic carbocycles. The lowest BCUT2D eigenvalue weighted by Crippen LogP contribution is -2.40. The number of carbonyl (C=O) groups is 2. The van der Waals surface area contributed by atoms with Crippen LogP contribution >= 0.6 is 0 Å². The van der Waals surface area contributed by atoms with Crippen molar-refractivity contribution < 1.29 is 27.6 Å². The fourth-order valence-corrected chi connectivity index (χ4v) is 6.90. The lowest BCUT2D eigenvalue weighted by Gasteiger charge is -2.23. The summed E-state index contributed by atoms with van der Waals surface area (Å²) >= 11 is 0. The van der Waals surface area contributed by atoms with Gasteiger partial charge in [0.1, 0.15) is 11.4 Å². The lowest BCUT2D eigenvalue weighted by molar-refractivity contribution is -0.131. The number of aliphatic imine (C=N–C) groups is 1. The highest BCUT2D eigenvalue weighted by Crippen LogP contribution is 2.40. The third-order valence-corrected chi connectivity index (χ3v) is 9.36. The van der Waals surface area contributed by atoms with Gasteiger partial charge in [-0.25, -0.2) is 17.9 Å². The number of aromatic nitrogens is 1. The average Bonchev–Trinajstić information content (AvgIpc) is 3.63. The molecule has 1 fully saturated rings. The van der Waals surface area contributed by atoms with Crippen LogP contribution in [0.4, 0.5) is 5.88 Å². The molecule has 11 heteroatoms. The van der Waals surface area contributed by atoms with Crippen LogP contribution in [-0.2, 0) is 21.4 Å². The first kappa shape index (κ1) is 28.5. The number of carboxylic acids is 1. The standard InChI is InChI=1S/C30H34N4O6S/c1-4-5-12-26-31-30(15-8-9-16-30)29(37)34(26)18-21-13-14-23(22-10-6-7-11-24(22)28(35)36)25(17-21)41(38,39)33-27-19(2)20(3)32-40-27/h6-7,10-11,13-14,17,33H,4-5,8-9,12,15-16,18H2,1-3H3,(H,35,36). The van der Waals surface area contributed by atoms with Crippen molar-refractivity contribution in [1.29, 1.82) is 0 Å². The number of rotatable bonds is 10. The quantitative estimate of drug-likeness (QED) is 0.314. The van der Waals surface area contributed by atoms with Crippen LogP contribution in [0.25, 0.3) is 11.1 Å². The number of nitrogens with zero attached hydrogens (tertiary/aromatic N) is 3. The molecule has 0 saturated heterocycles. The van der Waals surface area contributed by atoms with Gasteiger partial charge in [0.2, 0.25) is 5.88 Å². The molecule has 2 N–H and O–H groups in total. The molecular formula is C30H34N4O6S. The molecule has 3 aromatic rings. The number of unbranched alkanes of at least 4 members (excludes halogenated alkanes) is 1. The summed E-state index contributed by atoms with van der Waals surface area (Å²) in [7, 11) is -4.27. The molecule has 0 unspecified atom stereocenters. The molecule has 1 aliphatic heterocycles. The van der Waals surface area contributed by atoms with E-state index in [9.17, 15) is 23.1 Å². The third kappa shape index (κ3) is 5.38. The first-order valence-electron chi connectivity index (χ1n) is 13.9. The number of aromatic carboxylic acids is 1. The van der Waals surface area contributed by atoms with Crippen LogP contribution in [0.3, 0.4) is 0 Å². The van der Waals surface area contributed by atoms with E-state index in [4.69, 9.17) is 9.52 Å². The summed E-state index contributed by atoms with van der Waals surface area (Å²) in [4.78, 5) is 32.2. The van der Waals surface area contributed by atoms with Gasteiger partial charge in [0, 0.05) is 17.5 Å². The fourth-order valence-electron chi connectivity index (χ4n) is 5.58. The number of carboxylic acid groups (broad SMARTS) is 1. The van der Waals surface area contributed by atoms with Crippen molar-refractivity contribution in [2.24, 2.45) is 4.99 Å². The largest absolute Gasteiger partial charge is 0.478 e. The molecule has 0 atom stereocenters. The smallest absolute Gasteiger partial charge is 0.336 e. The number of carbonyl (C=O) groups excluding carboxylic acids is 1. The molecule has 1 aromatic heterocycles. The molecule has 41 heavy (non-hydrogen) atoms. The SMILES string of the molecule is CCCCC1=NC2(CCCC2)C(=O)N1Cc1ccc(-c2ccccc2C(=O)O)c(S(=O)(=O)Nc2onc(C)c2C)c1. The lowest BCUT2D eigenvalue weighted by atomic mass is 9.97. The molecule has 5 rings (SSSR count). The van der Waals surface area contributed by atoms with Crippen LogP contribution in [0.2, 0.25) is 0 Å². The van der Waals surface area contributed by atoms with E-state index in [1.54, 1.807) is 49.1 Å². The molecule has 0 bridgehead atoms. The fraction of sp³-hybridized carbons (Fsp3) is 0.400. The first-order valence-corrected chi connectivity index (χ1v) is 15.4. The molecule has 1 saturated carbocycles.